The van der Waals surface area contributed by atoms with Crippen LogP contribution in [0, 0.1) is 0 Å². The summed E-state index contributed by atoms with van der Waals surface area (Å²) in [5.41, 5.74) is 0. The van der Waals surface area contributed by atoms with Gasteiger partial charge in [0.05, 0.1) is 0 Å². The smallest absolute Gasteiger partial charge is 0.306 e. The van der Waals surface area contributed by atoms with Crippen molar-refractivity contribution in [1.82, 2.24) is 0 Å². The second-order valence-electron chi connectivity index (χ2n) is 20.5. The number of hydrogen-bond acceptors (Lipinski definition) is 6. The lowest BCUT2D eigenvalue weighted by atomic mass is 10.1. The van der Waals surface area contributed by atoms with E-state index in [1.54, 1.807) is 0 Å². The van der Waals surface area contributed by atoms with Gasteiger partial charge in [0.15, 0.2) is 6.10 Å². The Balaban J connectivity index is 4.44. The van der Waals surface area contributed by atoms with Gasteiger partial charge in [0.1, 0.15) is 13.2 Å². The van der Waals surface area contributed by atoms with Gasteiger partial charge >= 0.3 is 17.9 Å². The zero-order chi connectivity index (χ0) is 59.2. The SMILES string of the molecule is CC/C=C\C/C=C\C/C=C\C/C=C\C/C=C\C/C=C\C/C=C\C/C=C\C/C=C\CCCCCCCC(=O)OCC(COC(=O)CCCCCCC/C=C\C/C=C\CCCC)OC(=O)CCC/C=C\C/C=C\C/C=C\C/C=C\C/C=C\CC. The molecule has 0 N–H and O–H groups in total. The number of allylic oxidation sites excluding steroid dienone is 32. The zero-order valence-corrected chi connectivity index (χ0v) is 52.2. The maximum Gasteiger partial charge on any atom is 0.306 e. The first-order chi connectivity index (χ1) is 40.5. The van der Waals surface area contributed by atoms with Crippen molar-refractivity contribution in [2.45, 2.75) is 252 Å². The minimum absolute atomic E-state index is 0.124. The highest BCUT2D eigenvalue weighted by Gasteiger charge is 2.19. The van der Waals surface area contributed by atoms with Crippen LogP contribution in [0.2, 0.25) is 0 Å². The number of esters is 3. The van der Waals surface area contributed by atoms with Crippen molar-refractivity contribution in [1.29, 1.82) is 0 Å². The fourth-order valence-electron chi connectivity index (χ4n) is 8.01. The van der Waals surface area contributed by atoms with E-state index in [1.807, 2.05) is 0 Å². The van der Waals surface area contributed by atoms with Crippen LogP contribution >= 0.6 is 0 Å². The largest absolute Gasteiger partial charge is 0.462 e. The summed E-state index contributed by atoms with van der Waals surface area (Å²) >= 11 is 0. The molecule has 1 unspecified atom stereocenters. The normalized spacial score (nSPS) is 13.5. The Morgan fingerprint density at radius 3 is 0.780 bits per heavy atom. The molecule has 0 aliphatic rings. The van der Waals surface area contributed by atoms with Crippen molar-refractivity contribution in [2.24, 2.45) is 0 Å². The Morgan fingerprint density at radius 1 is 0.256 bits per heavy atom. The highest BCUT2D eigenvalue weighted by atomic mass is 16.6. The molecule has 0 spiro atoms. The third-order valence-corrected chi connectivity index (χ3v) is 12.8. The van der Waals surface area contributed by atoms with E-state index < -0.39 is 6.10 Å². The molecule has 0 fully saturated rings. The number of unbranched alkanes of at least 4 members (excludes halogenated alkanes) is 13. The summed E-state index contributed by atoms with van der Waals surface area (Å²) in [5, 5.41) is 0. The van der Waals surface area contributed by atoms with Crippen molar-refractivity contribution in [3.05, 3.63) is 194 Å². The van der Waals surface area contributed by atoms with E-state index in [2.05, 4.69) is 215 Å². The maximum absolute atomic E-state index is 12.9. The molecule has 82 heavy (non-hydrogen) atoms. The molecule has 0 aromatic heterocycles. The van der Waals surface area contributed by atoms with Crippen molar-refractivity contribution >= 4 is 17.9 Å². The third-order valence-electron chi connectivity index (χ3n) is 12.8. The number of rotatable bonds is 56. The zero-order valence-electron chi connectivity index (χ0n) is 52.2. The first-order valence-electron chi connectivity index (χ1n) is 32.4. The highest BCUT2D eigenvalue weighted by Crippen LogP contribution is 2.12. The molecule has 0 radical (unpaired) electrons. The Kier molecular flexibility index (Phi) is 63.0. The van der Waals surface area contributed by atoms with Crippen molar-refractivity contribution in [2.75, 3.05) is 13.2 Å². The minimum Gasteiger partial charge on any atom is -0.462 e. The minimum atomic E-state index is -0.834. The second kappa shape index (κ2) is 67.8. The predicted molar refractivity (Wildman–Crippen MR) is 357 cm³/mol. The summed E-state index contributed by atoms with van der Waals surface area (Å²) < 4.78 is 16.8. The molecule has 0 aliphatic carbocycles. The maximum atomic E-state index is 12.9. The lowest BCUT2D eigenvalue weighted by Crippen LogP contribution is -2.30. The topological polar surface area (TPSA) is 78.9 Å². The van der Waals surface area contributed by atoms with Gasteiger partial charge in [-0.2, -0.15) is 0 Å². The molecule has 0 aromatic carbocycles. The first kappa shape index (κ1) is 76.2. The van der Waals surface area contributed by atoms with Crippen LogP contribution in [0.3, 0.4) is 0 Å². The van der Waals surface area contributed by atoms with Crippen LogP contribution < -0.4 is 0 Å². The molecular formula is C76H116O6. The molecule has 1 atom stereocenters. The summed E-state index contributed by atoms with van der Waals surface area (Å²) in [5.74, 6) is -1.03. The molecule has 0 saturated heterocycles. The molecule has 0 heterocycles. The highest BCUT2D eigenvalue weighted by molar-refractivity contribution is 5.71. The number of carbonyl (C=O) groups is 3. The van der Waals surface area contributed by atoms with Crippen LogP contribution in [0.25, 0.3) is 0 Å². The molecule has 0 bridgehead atoms. The van der Waals surface area contributed by atoms with Crippen LogP contribution in [0.1, 0.15) is 245 Å². The van der Waals surface area contributed by atoms with Gasteiger partial charge in [-0.15, -0.1) is 0 Å². The van der Waals surface area contributed by atoms with Gasteiger partial charge in [-0.3, -0.25) is 14.4 Å². The summed E-state index contributed by atoms with van der Waals surface area (Å²) in [6.45, 7) is 6.28. The number of hydrogen-bond donors (Lipinski definition) is 0. The number of ether oxygens (including phenoxy) is 3. The molecule has 456 valence electrons. The van der Waals surface area contributed by atoms with Crippen molar-refractivity contribution in [3.63, 3.8) is 0 Å². The Labute approximate surface area is 503 Å². The molecule has 0 aliphatic heterocycles. The van der Waals surface area contributed by atoms with Gasteiger partial charge in [-0.05, 0) is 154 Å². The fraction of sp³-hybridized carbons (Fsp3) is 0.539. The van der Waals surface area contributed by atoms with E-state index in [1.165, 1.54) is 19.3 Å². The summed E-state index contributed by atoms with van der Waals surface area (Å²) in [6, 6.07) is 0. The van der Waals surface area contributed by atoms with E-state index in [0.29, 0.717) is 19.3 Å². The Bertz CT molecular complexity index is 1970. The van der Waals surface area contributed by atoms with E-state index >= 15 is 0 Å². The van der Waals surface area contributed by atoms with Gasteiger partial charge in [0, 0.05) is 19.3 Å². The van der Waals surface area contributed by atoms with E-state index in [0.717, 1.165) is 180 Å². The van der Waals surface area contributed by atoms with Gasteiger partial charge in [-0.25, -0.2) is 0 Å². The third kappa shape index (κ3) is 65.1. The van der Waals surface area contributed by atoms with Crippen molar-refractivity contribution < 1.29 is 28.6 Å². The summed E-state index contributed by atoms with van der Waals surface area (Å²) in [4.78, 5) is 38.3. The van der Waals surface area contributed by atoms with Crippen LogP contribution in [0.4, 0.5) is 0 Å². The van der Waals surface area contributed by atoms with Crippen LogP contribution in [0.5, 0.6) is 0 Å². The molecule has 6 nitrogen and oxygen atoms in total. The standard InChI is InChI=1S/C76H116O6/c1-4-7-10-13-16-19-22-25-28-30-31-32-33-34-35-36-37-38-39-40-41-42-43-44-45-47-48-51-54-57-60-63-66-69-75(78)81-72-73(71-80-74(77)68-65-62-59-56-53-50-27-24-21-18-15-12-9-6-3)82-76(79)70-67-64-61-58-55-52-49-46-29-26-23-20-17-14-11-8-5-2/h7-8,10-11,15-20,24-29,31-32,34-35,37-38,40-41,43-44,47-49,52,58,61,73H,4-6,9,12-14,21-23,30,33,36,39,42,45-46,50-51,53-57,59-60,62-72H2,1-3H3/b10-7-,11-8-,18-15-,19-16-,20-17-,27-24-,28-25-,29-26-,32-31-,35-34-,38-37-,41-40-,44-43-,48-47-,52-49-,61-58-. The summed E-state index contributed by atoms with van der Waals surface area (Å²) in [6.07, 6.45) is 103. The monoisotopic (exact) mass is 1120 g/mol. The van der Waals surface area contributed by atoms with E-state index in [9.17, 15) is 14.4 Å². The van der Waals surface area contributed by atoms with E-state index in [4.69, 9.17) is 14.2 Å². The fourth-order valence-corrected chi connectivity index (χ4v) is 8.01. The average Bonchev–Trinajstić information content (AvgIpc) is 3.47. The second-order valence-corrected chi connectivity index (χ2v) is 20.5. The molecular weight excluding hydrogens is 1010 g/mol. The van der Waals surface area contributed by atoms with E-state index in [-0.39, 0.29) is 37.5 Å². The first-order valence-corrected chi connectivity index (χ1v) is 32.4. The van der Waals surface area contributed by atoms with Gasteiger partial charge < -0.3 is 14.2 Å². The van der Waals surface area contributed by atoms with Gasteiger partial charge in [-0.1, -0.05) is 267 Å². The molecule has 0 aromatic rings. The average molecular weight is 1130 g/mol. The molecule has 0 rings (SSSR count). The quantitative estimate of drug-likeness (QED) is 0.0261. The van der Waals surface area contributed by atoms with Crippen LogP contribution in [0.15, 0.2) is 194 Å². The molecule has 0 saturated carbocycles. The Morgan fingerprint density at radius 2 is 0.488 bits per heavy atom. The molecule has 0 amide bonds. The lowest BCUT2D eigenvalue weighted by molar-refractivity contribution is -0.167. The van der Waals surface area contributed by atoms with Crippen LogP contribution in [-0.4, -0.2) is 37.2 Å². The summed E-state index contributed by atoms with van der Waals surface area (Å²) in [7, 11) is 0. The van der Waals surface area contributed by atoms with Crippen molar-refractivity contribution in [3.8, 4) is 0 Å². The number of carbonyl (C=O) groups excluding carboxylic acids is 3. The lowest BCUT2D eigenvalue weighted by Gasteiger charge is -2.18. The predicted octanol–water partition coefficient (Wildman–Crippen LogP) is 22.6. The van der Waals surface area contributed by atoms with Crippen LogP contribution in [-0.2, 0) is 28.6 Å². The Hall–Kier alpha value is -5.75. The van der Waals surface area contributed by atoms with Gasteiger partial charge in [0.2, 0.25) is 0 Å². The van der Waals surface area contributed by atoms with Gasteiger partial charge in [0.25, 0.3) is 0 Å². The molecule has 6 heteroatoms.